The molecule has 0 radical (unpaired) electrons. The second-order valence-corrected chi connectivity index (χ2v) is 5.16. The average molecular weight is 275 g/mol. The molecule has 0 spiro atoms. The van der Waals surface area contributed by atoms with Crippen molar-refractivity contribution in [1.82, 2.24) is 9.97 Å². The summed E-state index contributed by atoms with van der Waals surface area (Å²) in [6.07, 6.45) is 6.52. The molecule has 4 nitrogen and oxygen atoms in total. The van der Waals surface area contributed by atoms with Crippen LogP contribution in [0, 0.1) is 0 Å². The molecular weight excluding hydrogens is 260 g/mol. The van der Waals surface area contributed by atoms with Crippen molar-refractivity contribution in [3.63, 3.8) is 0 Å². The number of rotatable bonds is 2. The largest absolute Gasteiger partial charge is 0.399 e. The fourth-order valence-electron chi connectivity index (χ4n) is 2.57. The van der Waals surface area contributed by atoms with Crippen molar-refractivity contribution in [2.24, 2.45) is 0 Å². The Kier molecular flexibility index (Phi) is 3.25. The first-order valence-electron chi connectivity index (χ1n) is 6.35. The molecule has 1 unspecified atom stereocenters. The second kappa shape index (κ2) is 5.05. The quantitative estimate of drug-likeness (QED) is 0.826. The lowest BCUT2D eigenvalue weighted by Crippen LogP contribution is -2.18. The van der Waals surface area contributed by atoms with Crippen molar-refractivity contribution in [3.05, 3.63) is 46.9 Å². The van der Waals surface area contributed by atoms with Gasteiger partial charge in [-0.3, -0.25) is 4.98 Å². The van der Waals surface area contributed by atoms with Crippen LogP contribution in [0.1, 0.15) is 30.0 Å². The van der Waals surface area contributed by atoms with Crippen LogP contribution >= 0.6 is 11.6 Å². The lowest BCUT2D eigenvalue weighted by Gasteiger charge is -2.27. The van der Waals surface area contributed by atoms with Crippen molar-refractivity contribution in [1.29, 1.82) is 0 Å². The first-order chi connectivity index (χ1) is 9.22. The molecule has 1 aromatic heterocycles. The molecule has 1 aromatic carbocycles. The first-order valence-corrected chi connectivity index (χ1v) is 6.72. The number of hydrogen-bond donors (Lipinski definition) is 2. The van der Waals surface area contributed by atoms with Gasteiger partial charge in [-0.05, 0) is 42.5 Å². The molecule has 1 atom stereocenters. The highest BCUT2D eigenvalue weighted by atomic mass is 35.5. The van der Waals surface area contributed by atoms with E-state index in [1.165, 1.54) is 17.3 Å². The van der Waals surface area contributed by atoms with Crippen LogP contribution in [-0.4, -0.2) is 9.97 Å². The number of anilines is 2. The van der Waals surface area contributed by atoms with Gasteiger partial charge >= 0.3 is 0 Å². The Morgan fingerprint density at radius 1 is 1.32 bits per heavy atom. The van der Waals surface area contributed by atoms with Crippen molar-refractivity contribution >= 4 is 23.1 Å². The Morgan fingerprint density at radius 3 is 3.05 bits per heavy atom. The van der Waals surface area contributed by atoms with Crippen molar-refractivity contribution < 1.29 is 0 Å². The van der Waals surface area contributed by atoms with Gasteiger partial charge in [0.15, 0.2) is 0 Å². The minimum Gasteiger partial charge on any atom is -0.399 e. The van der Waals surface area contributed by atoms with Crippen LogP contribution in [0.15, 0.2) is 30.6 Å². The predicted molar refractivity (Wildman–Crippen MR) is 77.2 cm³/mol. The number of halogens is 1. The van der Waals surface area contributed by atoms with Crippen LogP contribution in [0.25, 0.3) is 0 Å². The standard InChI is InChI=1S/C14H15ClN4/c15-13-7-17-8-14(19-13)18-12-3-1-2-9-6-10(16)4-5-11(9)12/h4-8,12H,1-3,16H2,(H,18,19). The molecule has 2 aromatic rings. The lowest BCUT2D eigenvalue weighted by atomic mass is 9.87. The number of nitrogens with two attached hydrogens (primary N) is 1. The van der Waals surface area contributed by atoms with Gasteiger partial charge < -0.3 is 11.1 Å². The maximum Gasteiger partial charge on any atom is 0.149 e. The Labute approximate surface area is 117 Å². The number of nitrogen functional groups attached to an aromatic ring is 1. The van der Waals surface area contributed by atoms with Crippen LogP contribution < -0.4 is 11.1 Å². The maximum absolute atomic E-state index is 5.85. The van der Waals surface area contributed by atoms with Gasteiger partial charge in [0.1, 0.15) is 11.0 Å². The van der Waals surface area contributed by atoms with Crippen LogP contribution in [-0.2, 0) is 6.42 Å². The molecule has 0 bridgehead atoms. The topological polar surface area (TPSA) is 63.8 Å². The fourth-order valence-corrected chi connectivity index (χ4v) is 2.72. The number of hydrogen-bond acceptors (Lipinski definition) is 4. The lowest BCUT2D eigenvalue weighted by molar-refractivity contribution is 0.598. The fraction of sp³-hybridized carbons (Fsp3) is 0.286. The van der Waals surface area contributed by atoms with Gasteiger partial charge in [0, 0.05) is 5.69 Å². The van der Waals surface area contributed by atoms with E-state index in [-0.39, 0.29) is 6.04 Å². The van der Waals surface area contributed by atoms with E-state index < -0.39 is 0 Å². The van der Waals surface area contributed by atoms with Gasteiger partial charge in [-0.1, -0.05) is 17.7 Å². The summed E-state index contributed by atoms with van der Waals surface area (Å²) in [5, 5.41) is 3.80. The molecule has 0 saturated heterocycles. The monoisotopic (exact) mass is 274 g/mol. The van der Waals surface area contributed by atoms with Crippen LogP contribution in [0.3, 0.4) is 0 Å². The van der Waals surface area contributed by atoms with Gasteiger partial charge in [-0.15, -0.1) is 0 Å². The SMILES string of the molecule is Nc1ccc2c(c1)CCCC2Nc1cncc(Cl)n1. The summed E-state index contributed by atoms with van der Waals surface area (Å²) in [6.45, 7) is 0. The molecule has 0 fully saturated rings. The highest BCUT2D eigenvalue weighted by Crippen LogP contribution is 2.33. The minimum atomic E-state index is 0.247. The van der Waals surface area contributed by atoms with Gasteiger partial charge in [0.05, 0.1) is 18.4 Å². The molecule has 3 N–H and O–H groups in total. The zero-order valence-electron chi connectivity index (χ0n) is 10.4. The minimum absolute atomic E-state index is 0.247. The summed E-state index contributed by atoms with van der Waals surface area (Å²) in [7, 11) is 0. The van der Waals surface area contributed by atoms with Crippen LogP contribution in [0.4, 0.5) is 11.5 Å². The van der Waals surface area contributed by atoms with E-state index in [1.54, 1.807) is 6.20 Å². The van der Waals surface area contributed by atoms with Crippen molar-refractivity contribution in [2.75, 3.05) is 11.1 Å². The predicted octanol–water partition coefficient (Wildman–Crippen LogP) is 3.20. The Morgan fingerprint density at radius 2 is 2.21 bits per heavy atom. The van der Waals surface area contributed by atoms with E-state index in [1.807, 2.05) is 6.07 Å². The third-order valence-electron chi connectivity index (χ3n) is 3.41. The normalized spacial score (nSPS) is 17.8. The van der Waals surface area contributed by atoms with E-state index in [2.05, 4.69) is 27.4 Å². The van der Waals surface area contributed by atoms with Gasteiger partial charge in [-0.2, -0.15) is 0 Å². The molecule has 0 amide bonds. The zero-order chi connectivity index (χ0) is 13.2. The first kappa shape index (κ1) is 12.2. The third kappa shape index (κ3) is 2.63. The van der Waals surface area contributed by atoms with E-state index >= 15 is 0 Å². The number of benzene rings is 1. The second-order valence-electron chi connectivity index (χ2n) is 4.77. The molecule has 1 aliphatic rings. The summed E-state index contributed by atoms with van der Waals surface area (Å²) in [5.74, 6) is 0.710. The number of nitrogens with one attached hydrogen (secondary N) is 1. The maximum atomic E-state index is 5.85. The van der Waals surface area contributed by atoms with Gasteiger partial charge in [-0.25, -0.2) is 4.98 Å². The van der Waals surface area contributed by atoms with Gasteiger partial charge in [0.2, 0.25) is 0 Å². The summed E-state index contributed by atoms with van der Waals surface area (Å²) < 4.78 is 0. The third-order valence-corrected chi connectivity index (χ3v) is 3.59. The Hall–Kier alpha value is -1.81. The Bertz CT molecular complexity index is 600. The smallest absolute Gasteiger partial charge is 0.149 e. The van der Waals surface area contributed by atoms with E-state index in [0.717, 1.165) is 24.9 Å². The summed E-state index contributed by atoms with van der Waals surface area (Å²) in [4.78, 5) is 8.27. The van der Waals surface area contributed by atoms with E-state index in [9.17, 15) is 0 Å². The number of aryl methyl sites for hydroxylation is 1. The molecule has 3 rings (SSSR count). The van der Waals surface area contributed by atoms with Gasteiger partial charge in [0.25, 0.3) is 0 Å². The average Bonchev–Trinajstić information content (AvgIpc) is 2.38. The van der Waals surface area contributed by atoms with Crippen molar-refractivity contribution in [3.8, 4) is 0 Å². The van der Waals surface area contributed by atoms with E-state index in [0.29, 0.717) is 11.0 Å². The summed E-state index contributed by atoms with van der Waals surface area (Å²) in [6, 6.07) is 6.35. The van der Waals surface area contributed by atoms with Crippen LogP contribution in [0.2, 0.25) is 5.15 Å². The molecule has 1 heterocycles. The number of nitrogens with zero attached hydrogens (tertiary/aromatic N) is 2. The van der Waals surface area contributed by atoms with Crippen LogP contribution in [0.5, 0.6) is 0 Å². The molecule has 19 heavy (non-hydrogen) atoms. The highest BCUT2D eigenvalue weighted by molar-refractivity contribution is 6.29. The summed E-state index contributed by atoms with van der Waals surface area (Å²) in [5.41, 5.74) is 9.27. The molecule has 1 aliphatic carbocycles. The van der Waals surface area contributed by atoms with Crippen molar-refractivity contribution in [2.45, 2.75) is 25.3 Å². The molecule has 5 heteroatoms. The number of aromatic nitrogens is 2. The highest BCUT2D eigenvalue weighted by Gasteiger charge is 2.20. The summed E-state index contributed by atoms with van der Waals surface area (Å²) >= 11 is 5.85. The molecule has 98 valence electrons. The molecule has 0 saturated carbocycles. The molecular formula is C14H15ClN4. The number of fused-ring (bicyclic) bond motifs is 1. The zero-order valence-corrected chi connectivity index (χ0v) is 11.2. The Balaban J connectivity index is 1.87. The molecule has 0 aliphatic heterocycles. The van der Waals surface area contributed by atoms with E-state index in [4.69, 9.17) is 17.3 Å².